The maximum Gasteiger partial charge on any atom is 0.416 e. The Bertz CT molecular complexity index is 3140. The molecule has 10 rings (SSSR count). The molecule has 0 aliphatic heterocycles. The largest absolute Gasteiger partial charge is 0.416 e. The summed E-state index contributed by atoms with van der Waals surface area (Å²) < 4.78 is 50.2. The van der Waals surface area contributed by atoms with Gasteiger partial charge in [0.2, 0.25) is 0 Å². The zero-order valence-electron chi connectivity index (χ0n) is 31.6. The van der Waals surface area contributed by atoms with Crippen LogP contribution in [0.3, 0.4) is 0 Å². The Morgan fingerprint density at radius 3 is 1.40 bits per heavy atom. The molecule has 278 valence electrons. The number of halogens is 3. The Balaban J connectivity index is 1.35. The number of alkyl halides is 3. The van der Waals surface area contributed by atoms with Gasteiger partial charge < -0.3 is 9.13 Å². The molecular formula is C52H34F3N3. The number of fused-ring (bicyclic) bond motifs is 6. The number of benzene rings is 8. The van der Waals surface area contributed by atoms with Crippen molar-refractivity contribution < 1.29 is 13.2 Å². The lowest BCUT2D eigenvalue weighted by molar-refractivity contribution is -0.137. The summed E-state index contributed by atoms with van der Waals surface area (Å²) in [5.41, 5.74) is 11.1. The molecule has 2 heterocycles. The zero-order valence-corrected chi connectivity index (χ0v) is 31.6. The van der Waals surface area contributed by atoms with Crippen LogP contribution in [0.2, 0.25) is 0 Å². The Morgan fingerprint density at radius 2 is 0.914 bits per heavy atom. The molecule has 10 aromatic rings. The van der Waals surface area contributed by atoms with E-state index >= 15 is 13.2 Å². The molecule has 0 N–H and O–H groups in total. The number of aromatic nitrogens is 2. The first kappa shape index (κ1) is 35.1. The molecule has 6 heteroatoms. The van der Waals surface area contributed by atoms with Crippen LogP contribution in [0.25, 0.3) is 88.4 Å². The van der Waals surface area contributed by atoms with Gasteiger partial charge in [0, 0.05) is 27.1 Å². The van der Waals surface area contributed by atoms with Crippen molar-refractivity contribution >= 4 is 43.6 Å². The Morgan fingerprint density at radius 1 is 0.448 bits per heavy atom. The monoisotopic (exact) mass is 757 g/mol. The van der Waals surface area contributed by atoms with Crippen molar-refractivity contribution in [3.63, 3.8) is 0 Å². The molecular weight excluding hydrogens is 724 g/mol. The highest BCUT2D eigenvalue weighted by molar-refractivity contribution is 6.13. The smallest absolute Gasteiger partial charge is 0.309 e. The number of nitriles is 1. The molecule has 0 atom stereocenters. The summed E-state index contributed by atoms with van der Waals surface area (Å²) in [5, 5.41) is 13.8. The second kappa shape index (κ2) is 13.4. The second-order valence-corrected chi connectivity index (χ2v) is 14.9. The minimum Gasteiger partial charge on any atom is -0.309 e. The normalized spacial score (nSPS) is 11.9. The first-order valence-corrected chi connectivity index (χ1v) is 19.1. The SMILES string of the molecule is Cc1ccccc1-c1ccc2c(c1)c1ccccc1n2-c1cc(C(F)(F)F)cc(-n2c3ccccc3c3cc(-c4ccccc4C)ccc32)c1-c1cccc(C#N)c1. The molecule has 0 saturated carbocycles. The van der Waals surface area contributed by atoms with E-state index in [-0.39, 0.29) is 0 Å². The first-order valence-electron chi connectivity index (χ1n) is 19.1. The molecule has 0 saturated heterocycles. The van der Waals surface area contributed by atoms with Gasteiger partial charge in [0.15, 0.2) is 0 Å². The molecule has 0 unspecified atom stereocenters. The number of hydrogen-bond acceptors (Lipinski definition) is 1. The summed E-state index contributed by atoms with van der Waals surface area (Å²) in [6.07, 6.45) is -4.68. The quantitative estimate of drug-likeness (QED) is 0.172. The average molecular weight is 758 g/mol. The maximum absolute atomic E-state index is 15.4. The third-order valence-corrected chi connectivity index (χ3v) is 11.4. The van der Waals surface area contributed by atoms with Crippen molar-refractivity contribution in [2.45, 2.75) is 20.0 Å². The van der Waals surface area contributed by atoms with Gasteiger partial charge in [-0.25, -0.2) is 0 Å². The lowest BCUT2D eigenvalue weighted by Crippen LogP contribution is -2.11. The highest BCUT2D eigenvalue weighted by atomic mass is 19.4. The predicted molar refractivity (Wildman–Crippen MR) is 231 cm³/mol. The molecule has 0 aliphatic rings. The number of hydrogen-bond donors (Lipinski definition) is 0. The third kappa shape index (κ3) is 5.58. The Labute approximate surface area is 333 Å². The van der Waals surface area contributed by atoms with E-state index in [1.807, 2.05) is 112 Å². The lowest BCUT2D eigenvalue weighted by Gasteiger charge is -2.23. The molecule has 3 nitrogen and oxygen atoms in total. The summed E-state index contributed by atoms with van der Waals surface area (Å²) in [6, 6.07) is 56.5. The van der Waals surface area contributed by atoms with Crippen molar-refractivity contribution in [1.82, 2.24) is 9.13 Å². The molecule has 0 bridgehead atoms. The summed E-state index contributed by atoms with van der Waals surface area (Å²) in [5.74, 6) is 0. The average Bonchev–Trinajstić information content (AvgIpc) is 3.75. The van der Waals surface area contributed by atoms with Crippen LogP contribution in [0.5, 0.6) is 0 Å². The number of para-hydroxylation sites is 2. The van der Waals surface area contributed by atoms with Crippen LogP contribution in [0.15, 0.2) is 170 Å². The molecule has 8 aromatic carbocycles. The standard InChI is InChI=1S/C52H34F3N3/c1-32-12-3-5-16-39(32)35-22-24-47-43(27-35)41-18-7-9-20-45(41)57(47)49-29-38(52(53,54)55)30-50(51(49)37-15-11-14-34(26-37)31-56)58-46-21-10-8-19-42(46)44-28-36(23-25-48(44)58)40-17-6-4-13-33(40)2/h3-30H,1-2H3. The number of rotatable bonds is 5. The van der Waals surface area contributed by atoms with E-state index in [4.69, 9.17) is 0 Å². The maximum atomic E-state index is 15.4. The van der Waals surface area contributed by atoms with Crippen LogP contribution in [-0.2, 0) is 6.18 Å². The molecule has 0 amide bonds. The van der Waals surface area contributed by atoms with Gasteiger partial charge >= 0.3 is 6.18 Å². The fourth-order valence-electron chi connectivity index (χ4n) is 8.76. The number of aryl methyl sites for hydroxylation is 2. The fourth-order valence-corrected chi connectivity index (χ4v) is 8.76. The summed E-state index contributed by atoms with van der Waals surface area (Å²) >= 11 is 0. The molecule has 0 aliphatic carbocycles. The van der Waals surface area contributed by atoms with E-state index < -0.39 is 11.7 Å². The summed E-state index contributed by atoms with van der Waals surface area (Å²) in [7, 11) is 0. The van der Waals surface area contributed by atoms with E-state index in [1.165, 1.54) is 12.1 Å². The Hall–Kier alpha value is -7.36. The van der Waals surface area contributed by atoms with E-state index in [0.29, 0.717) is 28.1 Å². The van der Waals surface area contributed by atoms with Gasteiger partial charge in [0.25, 0.3) is 0 Å². The van der Waals surface area contributed by atoms with Gasteiger partial charge in [-0.2, -0.15) is 18.4 Å². The van der Waals surface area contributed by atoms with Crippen molar-refractivity contribution in [1.29, 1.82) is 5.26 Å². The predicted octanol–water partition coefficient (Wildman–Crippen LogP) is 14.4. The van der Waals surface area contributed by atoms with Gasteiger partial charge in [-0.1, -0.05) is 109 Å². The zero-order chi connectivity index (χ0) is 39.7. The van der Waals surface area contributed by atoms with E-state index in [0.717, 1.165) is 77.0 Å². The summed E-state index contributed by atoms with van der Waals surface area (Å²) in [4.78, 5) is 0. The highest BCUT2D eigenvalue weighted by Crippen LogP contribution is 2.46. The van der Waals surface area contributed by atoms with Gasteiger partial charge in [0.05, 0.1) is 50.6 Å². The molecule has 0 fully saturated rings. The van der Waals surface area contributed by atoms with Crippen molar-refractivity contribution in [2.75, 3.05) is 0 Å². The van der Waals surface area contributed by atoms with Crippen LogP contribution < -0.4 is 0 Å². The van der Waals surface area contributed by atoms with Crippen molar-refractivity contribution in [3.05, 3.63) is 192 Å². The molecule has 58 heavy (non-hydrogen) atoms. The van der Waals surface area contributed by atoms with Crippen LogP contribution >= 0.6 is 0 Å². The topological polar surface area (TPSA) is 33.6 Å². The lowest BCUT2D eigenvalue weighted by atomic mass is 9.96. The number of nitrogens with zero attached hydrogens (tertiary/aromatic N) is 3. The third-order valence-electron chi connectivity index (χ3n) is 11.4. The minimum absolute atomic E-state index is 0.359. The minimum atomic E-state index is -4.68. The van der Waals surface area contributed by atoms with Gasteiger partial charge in [0.1, 0.15) is 0 Å². The van der Waals surface area contributed by atoms with E-state index in [1.54, 1.807) is 18.2 Å². The van der Waals surface area contributed by atoms with Crippen LogP contribution in [-0.4, -0.2) is 9.13 Å². The molecule has 2 aromatic heterocycles. The van der Waals surface area contributed by atoms with Crippen LogP contribution in [0.1, 0.15) is 22.3 Å². The van der Waals surface area contributed by atoms with Gasteiger partial charge in [-0.3, -0.25) is 0 Å². The van der Waals surface area contributed by atoms with Crippen LogP contribution in [0.4, 0.5) is 13.2 Å². The van der Waals surface area contributed by atoms with Crippen LogP contribution in [0, 0.1) is 25.2 Å². The van der Waals surface area contributed by atoms with Gasteiger partial charge in [-0.05, 0) is 113 Å². The second-order valence-electron chi connectivity index (χ2n) is 14.9. The van der Waals surface area contributed by atoms with E-state index in [9.17, 15) is 5.26 Å². The Kier molecular flexibility index (Phi) is 8.10. The summed E-state index contributed by atoms with van der Waals surface area (Å²) in [6.45, 7) is 4.15. The molecule has 0 radical (unpaired) electrons. The van der Waals surface area contributed by atoms with E-state index in [2.05, 4.69) is 56.3 Å². The fraction of sp³-hybridized carbons (Fsp3) is 0.0577. The van der Waals surface area contributed by atoms with Crippen molar-refractivity contribution in [3.8, 4) is 50.8 Å². The van der Waals surface area contributed by atoms with Crippen molar-refractivity contribution in [2.24, 2.45) is 0 Å². The highest BCUT2D eigenvalue weighted by Gasteiger charge is 2.34. The first-order chi connectivity index (χ1) is 28.2. The van der Waals surface area contributed by atoms with Gasteiger partial charge in [-0.15, -0.1) is 0 Å². The molecule has 0 spiro atoms.